The maximum atomic E-state index is 4.42. The lowest BCUT2D eigenvalue weighted by Gasteiger charge is -2.32. The van der Waals surface area contributed by atoms with E-state index in [4.69, 9.17) is 0 Å². The van der Waals surface area contributed by atoms with Crippen molar-refractivity contribution in [2.75, 3.05) is 17.7 Å². The molecule has 0 bridgehead atoms. The van der Waals surface area contributed by atoms with Gasteiger partial charge in [-0.3, -0.25) is 0 Å². The fraction of sp³-hybridized carbons (Fsp3) is 0.714. The van der Waals surface area contributed by atoms with Gasteiger partial charge >= 0.3 is 0 Å². The molecule has 1 heterocycles. The molecular weight excluding hydrogens is 224 g/mol. The highest BCUT2D eigenvalue weighted by Crippen LogP contribution is 2.32. The molecule has 1 atom stereocenters. The van der Waals surface area contributed by atoms with E-state index < -0.39 is 0 Å². The standard InChI is InChI=1S/C14H24N4/c1-4-6-12-13(15-3)16-9-17-14(12)18-10(2)11-7-5-8-11/h9-11H,4-8H2,1-3H3,(H2,15,16,17,18). The SMILES string of the molecule is CCCc1c(NC)ncnc1NC(C)C1CCC1. The molecule has 0 spiro atoms. The summed E-state index contributed by atoms with van der Waals surface area (Å²) in [4.78, 5) is 8.72. The number of hydrogen-bond donors (Lipinski definition) is 2. The fourth-order valence-electron chi connectivity index (χ4n) is 2.51. The molecule has 1 fully saturated rings. The van der Waals surface area contributed by atoms with E-state index in [0.717, 1.165) is 30.4 Å². The van der Waals surface area contributed by atoms with Crippen LogP contribution >= 0.6 is 0 Å². The van der Waals surface area contributed by atoms with Crippen LogP contribution in [0, 0.1) is 5.92 Å². The van der Waals surface area contributed by atoms with Gasteiger partial charge < -0.3 is 10.6 Å². The Labute approximate surface area is 110 Å². The van der Waals surface area contributed by atoms with Gasteiger partial charge in [-0.15, -0.1) is 0 Å². The zero-order chi connectivity index (χ0) is 13.0. The summed E-state index contributed by atoms with van der Waals surface area (Å²) < 4.78 is 0. The second kappa shape index (κ2) is 6.03. The molecule has 1 unspecified atom stereocenters. The lowest BCUT2D eigenvalue weighted by atomic mass is 9.80. The van der Waals surface area contributed by atoms with Gasteiger partial charge in [0.1, 0.15) is 18.0 Å². The highest BCUT2D eigenvalue weighted by molar-refractivity contribution is 5.57. The lowest BCUT2D eigenvalue weighted by molar-refractivity contribution is 0.285. The van der Waals surface area contributed by atoms with E-state index in [1.165, 1.54) is 24.8 Å². The molecule has 0 aliphatic heterocycles. The third-order valence-electron chi connectivity index (χ3n) is 3.90. The minimum absolute atomic E-state index is 0.508. The average Bonchev–Trinajstić information content (AvgIpc) is 2.29. The third-order valence-corrected chi connectivity index (χ3v) is 3.90. The van der Waals surface area contributed by atoms with Crippen molar-refractivity contribution in [1.82, 2.24) is 9.97 Å². The fourth-order valence-corrected chi connectivity index (χ4v) is 2.51. The van der Waals surface area contributed by atoms with Crippen LogP contribution < -0.4 is 10.6 Å². The van der Waals surface area contributed by atoms with Crippen molar-refractivity contribution in [2.45, 2.75) is 52.0 Å². The van der Waals surface area contributed by atoms with Gasteiger partial charge in [-0.05, 0) is 32.1 Å². The van der Waals surface area contributed by atoms with Crippen LogP contribution in [0.4, 0.5) is 11.6 Å². The van der Waals surface area contributed by atoms with Crippen molar-refractivity contribution in [2.24, 2.45) is 5.92 Å². The lowest BCUT2D eigenvalue weighted by Crippen LogP contribution is -2.31. The Morgan fingerprint density at radius 3 is 2.61 bits per heavy atom. The largest absolute Gasteiger partial charge is 0.373 e. The summed E-state index contributed by atoms with van der Waals surface area (Å²) >= 11 is 0. The predicted molar refractivity (Wildman–Crippen MR) is 76.0 cm³/mol. The minimum atomic E-state index is 0.508. The van der Waals surface area contributed by atoms with Crippen LogP contribution in [0.3, 0.4) is 0 Å². The maximum Gasteiger partial charge on any atom is 0.134 e. The van der Waals surface area contributed by atoms with Crippen LogP contribution in [-0.2, 0) is 6.42 Å². The van der Waals surface area contributed by atoms with Crippen LogP contribution in [0.5, 0.6) is 0 Å². The van der Waals surface area contributed by atoms with Crippen LogP contribution in [0.2, 0.25) is 0 Å². The molecule has 0 radical (unpaired) electrons. The molecule has 1 aliphatic carbocycles. The highest BCUT2D eigenvalue weighted by atomic mass is 15.1. The van der Waals surface area contributed by atoms with Gasteiger partial charge in [0.05, 0.1) is 0 Å². The Balaban J connectivity index is 2.14. The van der Waals surface area contributed by atoms with Crippen molar-refractivity contribution in [3.8, 4) is 0 Å². The van der Waals surface area contributed by atoms with E-state index in [9.17, 15) is 0 Å². The number of nitrogens with one attached hydrogen (secondary N) is 2. The van der Waals surface area contributed by atoms with Crippen molar-refractivity contribution in [1.29, 1.82) is 0 Å². The first-order valence-corrected chi connectivity index (χ1v) is 7.04. The number of hydrogen-bond acceptors (Lipinski definition) is 4. The first-order valence-electron chi connectivity index (χ1n) is 7.04. The van der Waals surface area contributed by atoms with Gasteiger partial charge in [0.15, 0.2) is 0 Å². The van der Waals surface area contributed by atoms with E-state index in [1.807, 2.05) is 7.05 Å². The summed E-state index contributed by atoms with van der Waals surface area (Å²) in [5, 5.41) is 6.74. The molecule has 4 heteroatoms. The van der Waals surface area contributed by atoms with Crippen LogP contribution in [-0.4, -0.2) is 23.1 Å². The first kappa shape index (κ1) is 13.1. The van der Waals surface area contributed by atoms with Gasteiger partial charge in [-0.25, -0.2) is 9.97 Å². The monoisotopic (exact) mass is 248 g/mol. The van der Waals surface area contributed by atoms with Crippen LogP contribution in [0.15, 0.2) is 6.33 Å². The Hall–Kier alpha value is -1.32. The van der Waals surface area contributed by atoms with Crippen molar-refractivity contribution < 1.29 is 0 Å². The van der Waals surface area contributed by atoms with Gasteiger partial charge in [0, 0.05) is 18.7 Å². The molecular formula is C14H24N4. The molecule has 2 N–H and O–H groups in total. The average molecular weight is 248 g/mol. The normalized spacial score (nSPS) is 17.1. The summed E-state index contributed by atoms with van der Waals surface area (Å²) in [6, 6.07) is 0.508. The second-order valence-corrected chi connectivity index (χ2v) is 5.17. The number of nitrogens with zero attached hydrogens (tertiary/aromatic N) is 2. The van der Waals surface area contributed by atoms with Crippen LogP contribution in [0.25, 0.3) is 0 Å². The molecule has 18 heavy (non-hydrogen) atoms. The van der Waals surface area contributed by atoms with Crippen molar-refractivity contribution >= 4 is 11.6 Å². The molecule has 2 rings (SSSR count). The second-order valence-electron chi connectivity index (χ2n) is 5.17. The summed E-state index contributed by atoms with van der Waals surface area (Å²) in [6.07, 6.45) is 7.83. The topological polar surface area (TPSA) is 49.8 Å². The highest BCUT2D eigenvalue weighted by Gasteiger charge is 2.24. The summed E-state index contributed by atoms with van der Waals surface area (Å²) in [5.74, 6) is 2.78. The quantitative estimate of drug-likeness (QED) is 0.812. The zero-order valence-electron chi connectivity index (χ0n) is 11.7. The Morgan fingerprint density at radius 1 is 1.33 bits per heavy atom. The van der Waals surface area contributed by atoms with Crippen LogP contribution in [0.1, 0.15) is 45.1 Å². The molecule has 1 aromatic heterocycles. The van der Waals surface area contributed by atoms with E-state index in [2.05, 4.69) is 34.4 Å². The Kier molecular flexibility index (Phi) is 4.39. The van der Waals surface area contributed by atoms with Gasteiger partial charge in [0.25, 0.3) is 0 Å². The Bertz CT molecular complexity index is 387. The van der Waals surface area contributed by atoms with E-state index in [-0.39, 0.29) is 0 Å². The minimum Gasteiger partial charge on any atom is -0.373 e. The van der Waals surface area contributed by atoms with E-state index in [1.54, 1.807) is 6.33 Å². The van der Waals surface area contributed by atoms with E-state index in [0.29, 0.717) is 6.04 Å². The molecule has 0 saturated heterocycles. The van der Waals surface area contributed by atoms with Gasteiger partial charge in [-0.2, -0.15) is 0 Å². The van der Waals surface area contributed by atoms with Crippen molar-refractivity contribution in [3.63, 3.8) is 0 Å². The molecule has 4 nitrogen and oxygen atoms in total. The van der Waals surface area contributed by atoms with Gasteiger partial charge in [0.2, 0.25) is 0 Å². The summed E-state index contributed by atoms with van der Waals surface area (Å²) in [5.41, 5.74) is 1.22. The molecule has 1 saturated carbocycles. The predicted octanol–water partition coefficient (Wildman–Crippen LogP) is 3.07. The molecule has 1 aromatic rings. The Morgan fingerprint density at radius 2 is 2.06 bits per heavy atom. The number of anilines is 2. The number of rotatable bonds is 6. The van der Waals surface area contributed by atoms with Crippen molar-refractivity contribution in [3.05, 3.63) is 11.9 Å². The summed E-state index contributed by atoms with van der Waals surface area (Å²) in [6.45, 7) is 4.45. The zero-order valence-corrected chi connectivity index (χ0v) is 11.7. The van der Waals surface area contributed by atoms with E-state index >= 15 is 0 Å². The smallest absolute Gasteiger partial charge is 0.134 e. The molecule has 1 aliphatic rings. The molecule has 0 amide bonds. The molecule has 100 valence electrons. The maximum absolute atomic E-state index is 4.42. The third kappa shape index (κ3) is 2.74. The molecule has 0 aromatic carbocycles. The summed E-state index contributed by atoms with van der Waals surface area (Å²) in [7, 11) is 1.92. The van der Waals surface area contributed by atoms with Gasteiger partial charge in [-0.1, -0.05) is 19.8 Å². The number of aromatic nitrogens is 2. The first-order chi connectivity index (χ1) is 8.76.